The molecule has 0 bridgehead atoms. The largest absolute Gasteiger partial charge is 0.468 e. The first-order valence-corrected chi connectivity index (χ1v) is 8.17. The minimum absolute atomic E-state index is 0.267. The van der Waals surface area contributed by atoms with Gasteiger partial charge in [-0.15, -0.1) is 0 Å². The number of nitrogens with one attached hydrogen (secondary N) is 1. The number of esters is 1. The number of benzene rings is 1. The fourth-order valence-electron chi connectivity index (χ4n) is 3.95. The topological polar surface area (TPSA) is 79.0 Å². The van der Waals surface area contributed by atoms with Crippen molar-refractivity contribution in [3.8, 4) is 0 Å². The van der Waals surface area contributed by atoms with Crippen molar-refractivity contribution in [2.45, 2.75) is 18.5 Å². The summed E-state index contributed by atoms with van der Waals surface area (Å²) in [6.07, 6.45) is 0. The summed E-state index contributed by atoms with van der Waals surface area (Å²) in [5.74, 6) is -2.53. The molecule has 2 heterocycles. The molecule has 0 aliphatic carbocycles. The Morgan fingerprint density at radius 2 is 1.80 bits per heavy atom. The highest BCUT2D eigenvalue weighted by Crippen LogP contribution is 2.48. The van der Waals surface area contributed by atoms with Crippen molar-refractivity contribution < 1.29 is 19.1 Å². The summed E-state index contributed by atoms with van der Waals surface area (Å²) < 4.78 is 4.91. The average molecular weight is 345 g/mol. The van der Waals surface area contributed by atoms with E-state index >= 15 is 0 Å². The second-order valence-corrected chi connectivity index (χ2v) is 7.04. The third-order valence-electron chi connectivity index (χ3n) is 5.39. The van der Waals surface area contributed by atoms with Crippen LogP contribution in [0.2, 0.25) is 0 Å². The van der Waals surface area contributed by atoms with Gasteiger partial charge in [-0.3, -0.25) is 24.6 Å². The maximum absolute atomic E-state index is 12.7. The average Bonchev–Trinajstić information content (AvgIpc) is 3.04. The van der Waals surface area contributed by atoms with E-state index < -0.39 is 29.4 Å². The van der Waals surface area contributed by atoms with Gasteiger partial charge in [0.05, 0.1) is 18.9 Å². The van der Waals surface area contributed by atoms with E-state index in [1.807, 2.05) is 43.3 Å². The monoisotopic (exact) mass is 345 g/mol. The molecule has 2 aliphatic rings. The molecule has 2 amide bonds. The number of nitrogens with zero attached hydrogens (tertiary/aromatic N) is 2. The summed E-state index contributed by atoms with van der Waals surface area (Å²) in [6.45, 7) is 1.63. The molecule has 0 saturated carbocycles. The highest BCUT2D eigenvalue weighted by Gasteiger charge is 2.66. The van der Waals surface area contributed by atoms with Crippen LogP contribution in [0.4, 0.5) is 5.69 Å². The molecule has 2 fully saturated rings. The molecular formula is C18H23N3O4. The van der Waals surface area contributed by atoms with Gasteiger partial charge in [-0.2, -0.15) is 0 Å². The van der Waals surface area contributed by atoms with Crippen molar-refractivity contribution in [1.29, 1.82) is 0 Å². The van der Waals surface area contributed by atoms with Crippen molar-refractivity contribution in [3.05, 3.63) is 29.8 Å². The molecule has 7 nitrogen and oxygen atoms in total. The fraction of sp³-hybridized carbons (Fsp3) is 0.500. The molecule has 1 N–H and O–H groups in total. The Morgan fingerprint density at radius 1 is 1.20 bits per heavy atom. The molecule has 4 atom stereocenters. The van der Waals surface area contributed by atoms with E-state index in [4.69, 9.17) is 4.74 Å². The van der Waals surface area contributed by atoms with Crippen LogP contribution in [-0.4, -0.2) is 56.5 Å². The molecule has 1 aromatic carbocycles. The first kappa shape index (κ1) is 17.4. The van der Waals surface area contributed by atoms with Crippen molar-refractivity contribution in [1.82, 2.24) is 10.2 Å². The Hall–Kier alpha value is -2.41. The van der Waals surface area contributed by atoms with Gasteiger partial charge in [-0.05, 0) is 24.6 Å². The van der Waals surface area contributed by atoms with Crippen LogP contribution in [0, 0.1) is 11.8 Å². The minimum Gasteiger partial charge on any atom is -0.468 e. The molecule has 0 aromatic heterocycles. The number of carbonyl (C=O) groups is 3. The van der Waals surface area contributed by atoms with Gasteiger partial charge < -0.3 is 9.64 Å². The SMILES string of the molecule is COC(=O)[C@@]1(C)N[C@@H](c2ccc(N(C)C)cc2)[C@H]2C(=O)N(C)C(=O)[C@@H]21. The maximum atomic E-state index is 12.7. The van der Waals surface area contributed by atoms with Gasteiger partial charge in [-0.1, -0.05) is 12.1 Å². The van der Waals surface area contributed by atoms with Crippen LogP contribution in [0.3, 0.4) is 0 Å². The summed E-state index contributed by atoms with van der Waals surface area (Å²) >= 11 is 0. The number of imide groups is 1. The van der Waals surface area contributed by atoms with E-state index in [9.17, 15) is 14.4 Å². The predicted octanol–water partition coefficient (Wildman–Crippen LogP) is 0.560. The van der Waals surface area contributed by atoms with Gasteiger partial charge in [-0.25, -0.2) is 0 Å². The molecule has 0 unspecified atom stereocenters. The zero-order valence-electron chi connectivity index (χ0n) is 15.1. The van der Waals surface area contributed by atoms with E-state index in [0.29, 0.717) is 0 Å². The summed E-state index contributed by atoms with van der Waals surface area (Å²) in [4.78, 5) is 40.7. The number of methoxy groups -OCH3 is 1. The van der Waals surface area contributed by atoms with Crippen molar-refractivity contribution >= 4 is 23.5 Å². The quantitative estimate of drug-likeness (QED) is 0.637. The molecule has 0 radical (unpaired) electrons. The number of amides is 2. The smallest absolute Gasteiger partial charge is 0.326 e. The second kappa shape index (κ2) is 5.84. The highest BCUT2D eigenvalue weighted by molar-refractivity contribution is 6.09. The number of anilines is 1. The van der Waals surface area contributed by atoms with E-state index in [2.05, 4.69) is 5.32 Å². The van der Waals surface area contributed by atoms with Crippen LogP contribution in [-0.2, 0) is 19.1 Å². The van der Waals surface area contributed by atoms with E-state index in [-0.39, 0.29) is 11.8 Å². The molecule has 2 saturated heterocycles. The third-order valence-corrected chi connectivity index (χ3v) is 5.39. The Labute approximate surface area is 146 Å². The zero-order chi connectivity index (χ0) is 18.5. The molecule has 2 aliphatic heterocycles. The molecule has 1 aromatic rings. The number of carbonyl (C=O) groups excluding carboxylic acids is 3. The normalized spacial score (nSPS) is 31.2. The third kappa shape index (κ3) is 2.41. The number of hydrogen-bond donors (Lipinski definition) is 1. The number of ether oxygens (including phenoxy) is 1. The lowest BCUT2D eigenvalue weighted by Crippen LogP contribution is -2.53. The zero-order valence-corrected chi connectivity index (χ0v) is 15.1. The van der Waals surface area contributed by atoms with Gasteiger partial charge in [0.2, 0.25) is 11.8 Å². The van der Waals surface area contributed by atoms with Crippen molar-refractivity contribution in [3.63, 3.8) is 0 Å². The highest BCUT2D eigenvalue weighted by atomic mass is 16.5. The van der Waals surface area contributed by atoms with Crippen molar-refractivity contribution in [2.24, 2.45) is 11.8 Å². The van der Waals surface area contributed by atoms with Crippen LogP contribution in [0.5, 0.6) is 0 Å². The maximum Gasteiger partial charge on any atom is 0.326 e. The number of hydrogen-bond acceptors (Lipinski definition) is 6. The van der Waals surface area contributed by atoms with Gasteiger partial charge >= 0.3 is 5.97 Å². The predicted molar refractivity (Wildman–Crippen MR) is 91.8 cm³/mol. The number of likely N-dealkylation sites (tertiary alicyclic amines) is 1. The molecule has 25 heavy (non-hydrogen) atoms. The Morgan fingerprint density at radius 3 is 2.32 bits per heavy atom. The Bertz CT molecular complexity index is 730. The van der Waals surface area contributed by atoms with E-state index in [1.165, 1.54) is 14.2 Å². The second-order valence-electron chi connectivity index (χ2n) is 7.04. The summed E-state index contributed by atoms with van der Waals surface area (Å²) in [7, 11) is 6.64. The van der Waals surface area contributed by atoms with Crippen molar-refractivity contribution in [2.75, 3.05) is 33.2 Å². The molecule has 3 rings (SSSR count). The lowest BCUT2D eigenvalue weighted by molar-refractivity contribution is -0.152. The van der Waals surface area contributed by atoms with Crippen LogP contribution in [0.25, 0.3) is 0 Å². The molecule has 0 spiro atoms. The van der Waals surface area contributed by atoms with Crippen LogP contribution in [0.1, 0.15) is 18.5 Å². The molecule has 134 valence electrons. The van der Waals surface area contributed by atoms with Gasteiger partial charge in [0, 0.05) is 32.9 Å². The lowest BCUT2D eigenvalue weighted by Gasteiger charge is -2.28. The van der Waals surface area contributed by atoms with E-state index in [1.54, 1.807) is 6.92 Å². The van der Waals surface area contributed by atoms with Crippen LogP contribution in [0.15, 0.2) is 24.3 Å². The fourth-order valence-corrected chi connectivity index (χ4v) is 3.95. The van der Waals surface area contributed by atoms with Gasteiger partial charge in [0.15, 0.2) is 0 Å². The molecular weight excluding hydrogens is 322 g/mol. The minimum atomic E-state index is -1.23. The Kier molecular flexibility index (Phi) is 4.07. The van der Waals surface area contributed by atoms with Crippen LogP contribution < -0.4 is 10.2 Å². The van der Waals surface area contributed by atoms with E-state index in [0.717, 1.165) is 16.2 Å². The first-order chi connectivity index (χ1) is 11.7. The number of fused-ring (bicyclic) bond motifs is 1. The summed E-state index contributed by atoms with van der Waals surface area (Å²) in [6, 6.07) is 7.31. The first-order valence-electron chi connectivity index (χ1n) is 8.17. The summed E-state index contributed by atoms with van der Waals surface area (Å²) in [5, 5.41) is 3.21. The van der Waals surface area contributed by atoms with Crippen LogP contribution >= 0.6 is 0 Å². The Balaban J connectivity index is 2.04. The molecule has 7 heteroatoms. The lowest BCUT2D eigenvalue weighted by atomic mass is 9.80. The summed E-state index contributed by atoms with van der Waals surface area (Å²) in [5.41, 5.74) is 0.659. The number of rotatable bonds is 3. The van der Waals surface area contributed by atoms with Gasteiger partial charge in [0.1, 0.15) is 5.54 Å². The van der Waals surface area contributed by atoms with Gasteiger partial charge in [0.25, 0.3) is 0 Å². The standard InChI is InChI=1S/C18H23N3O4/c1-18(17(24)25-5)13-12(15(22)21(4)16(13)23)14(19-18)10-6-8-11(9-7-10)20(2)3/h6-9,12-14,19H,1-5H3/t12-,13+,14-,18-/m0/s1.